The number of hydrogen-bond donors (Lipinski definition) is 1. The van der Waals surface area contributed by atoms with Gasteiger partial charge in [-0.3, -0.25) is 4.79 Å². The Morgan fingerprint density at radius 3 is 2.76 bits per heavy atom. The molecule has 2 unspecified atom stereocenters. The highest BCUT2D eigenvalue weighted by atomic mass is 32.2. The predicted octanol–water partition coefficient (Wildman–Crippen LogP) is 2.33. The zero-order chi connectivity index (χ0) is 15.5. The molecule has 21 heavy (non-hydrogen) atoms. The quantitative estimate of drug-likeness (QED) is 0.907. The number of β-amino-alcohol motifs (C(OH)–C–C–N with tert-alkyl or cyclic N) is 1. The number of thioether (sulfide) groups is 1. The topological polar surface area (TPSA) is 40.5 Å². The molecule has 116 valence electrons. The minimum Gasteiger partial charge on any atom is -0.388 e. The molecule has 1 N–H and O–H groups in total. The Morgan fingerprint density at radius 2 is 2.14 bits per heavy atom. The lowest BCUT2D eigenvalue weighted by Crippen LogP contribution is -2.40. The van der Waals surface area contributed by atoms with Crippen LogP contribution in [0.1, 0.15) is 18.9 Å². The molecule has 1 amide bonds. The number of carbonyl (C=O) groups excluding carboxylic acids is 1. The fourth-order valence-electron chi connectivity index (χ4n) is 2.80. The van der Waals surface area contributed by atoms with Crippen molar-refractivity contribution in [3.05, 3.63) is 35.6 Å². The summed E-state index contributed by atoms with van der Waals surface area (Å²) >= 11 is 1.66. The fourth-order valence-corrected chi connectivity index (χ4v) is 3.45. The van der Waals surface area contributed by atoms with Gasteiger partial charge in [0, 0.05) is 31.2 Å². The maximum absolute atomic E-state index is 12.9. The van der Waals surface area contributed by atoms with Crippen molar-refractivity contribution in [2.45, 2.75) is 25.4 Å². The Labute approximate surface area is 129 Å². The SMILES string of the molecule is CSCC(C)C(=O)N1CCC(O)(Cc2ccc(F)cc2)C1. The van der Waals surface area contributed by atoms with Gasteiger partial charge in [0.25, 0.3) is 0 Å². The van der Waals surface area contributed by atoms with Crippen molar-refractivity contribution in [2.24, 2.45) is 5.92 Å². The second-order valence-electron chi connectivity index (χ2n) is 5.89. The maximum atomic E-state index is 12.9. The molecule has 0 aromatic heterocycles. The minimum absolute atomic E-state index is 0.0202. The summed E-state index contributed by atoms with van der Waals surface area (Å²) < 4.78 is 12.9. The molecule has 1 fully saturated rings. The summed E-state index contributed by atoms with van der Waals surface area (Å²) in [6.07, 6.45) is 3.01. The number of nitrogens with zero attached hydrogens (tertiary/aromatic N) is 1. The van der Waals surface area contributed by atoms with E-state index in [-0.39, 0.29) is 17.6 Å². The van der Waals surface area contributed by atoms with Crippen LogP contribution in [0.4, 0.5) is 4.39 Å². The fraction of sp³-hybridized carbons (Fsp3) is 0.562. The molecule has 0 aliphatic carbocycles. The summed E-state index contributed by atoms with van der Waals surface area (Å²) in [6, 6.07) is 6.18. The van der Waals surface area contributed by atoms with E-state index < -0.39 is 5.60 Å². The van der Waals surface area contributed by atoms with Crippen molar-refractivity contribution in [1.82, 2.24) is 4.90 Å². The van der Waals surface area contributed by atoms with Gasteiger partial charge < -0.3 is 10.0 Å². The Bertz CT molecular complexity index is 494. The molecule has 1 heterocycles. The molecule has 0 spiro atoms. The van der Waals surface area contributed by atoms with Gasteiger partial charge in [-0.15, -0.1) is 0 Å². The van der Waals surface area contributed by atoms with Crippen molar-refractivity contribution in [3.63, 3.8) is 0 Å². The molecule has 0 saturated carbocycles. The van der Waals surface area contributed by atoms with Gasteiger partial charge in [0.2, 0.25) is 5.91 Å². The molecule has 0 radical (unpaired) electrons. The summed E-state index contributed by atoms with van der Waals surface area (Å²) in [5, 5.41) is 10.7. The van der Waals surface area contributed by atoms with Crippen molar-refractivity contribution in [2.75, 3.05) is 25.1 Å². The highest BCUT2D eigenvalue weighted by molar-refractivity contribution is 7.98. The molecule has 1 aliphatic heterocycles. The highest BCUT2D eigenvalue weighted by Gasteiger charge is 2.39. The summed E-state index contributed by atoms with van der Waals surface area (Å²) in [4.78, 5) is 14.0. The van der Waals surface area contributed by atoms with Crippen LogP contribution in [0.15, 0.2) is 24.3 Å². The molecule has 3 nitrogen and oxygen atoms in total. The van der Waals surface area contributed by atoms with Gasteiger partial charge in [0.05, 0.1) is 5.60 Å². The average molecular weight is 311 g/mol. The number of amides is 1. The Balaban J connectivity index is 1.96. The van der Waals surface area contributed by atoms with Gasteiger partial charge in [0.1, 0.15) is 5.82 Å². The lowest BCUT2D eigenvalue weighted by Gasteiger charge is -2.25. The predicted molar refractivity (Wildman–Crippen MR) is 83.8 cm³/mol. The third kappa shape index (κ3) is 4.20. The number of halogens is 1. The van der Waals surface area contributed by atoms with Gasteiger partial charge in [-0.1, -0.05) is 19.1 Å². The first-order valence-corrected chi connectivity index (χ1v) is 8.57. The summed E-state index contributed by atoms with van der Waals surface area (Å²) in [6.45, 7) is 2.88. The molecule has 1 aromatic carbocycles. The number of aliphatic hydroxyl groups is 1. The summed E-state index contributed by atoms with van der Waals surface area (Å²) in [7, 11) is 0. The van der Waals surface area contributed by atoms with Crippen molar-refractivity contribution < 1.29 is 14.3 Å². The van der Waals surface area contributed by atoms with Gasteiger partial charge in [-0.25, -0.2) is 4.39 Å². The number of benzene rings is 1. The molecule has 5 heteroatoms. The third-order valence-corrected chi connectivity index (χ3v) is 4.76. The molecule has 2 rings (SSSR count). The van der Waals surface area contributed by atoms with Crippen LogP contribution in [0.3, 0.4) is 0 Å². The Kier molecular flexibility index (Phi) is 5.27. The van der Waals surface area contributed by atoms with E-state index in [1.54, 1.807) is 28.8 Å². The summed E-state index contributed by atoms with van der Waals surface area (Å²) in [5.41, 5.74) is -0.00241. The van der Waals surface area contributed by atoms with Crippen LogP contribution in [0.2, 0.25) is 0 Å². The molecule has 1 aromatic rings. The third-order valence-electron chi connectivity index (χ3n) is 3.93. The largest absolute Gasteiger partial charge is 0.388 e. The number of hydrogen-bond acceptors (Lipinski definition) is 3. The minimum atomic E-state index is -0.896. The molecule has 1 saturated heterocycles. The van der Waals surface area contributed by atoms with Crippen LogP contribution in [0, 0.1) is 11.7 Å². The smallest absolute Gasteiger partial charge is 0.226 e. The van der Waals surface area contributed by atoms with Crippen molar-refractivity contribution in [3.8, 4) is 0 Å². The van der Waals surface area contributed by atoms with E-state index in [1.165, 1.54) is 12.1 Å². The second-order valence-corrected chi connectivity index (χ2v) is 6.80. The molecule has 2 atom stereocenters. The van der Waals surface area contributed by atoms with Crippen LogP contribution < -0.4 is 0 Å². The lowest BCUT2D eigenvalue weighted by molar-refractivity contribution is -0.134. The van der Waals surface area contributed by atoms with Crippen LogP contribution in [0.25, 0.3) is 0 Å². The van der Waals surface area contributed by atoms with Gasteiger partial charge >= 0.3 is 0 Å². The maximum Gasteiger partial charge on any atom is 0.226 e. The Morgan fingerprint density at radius 1 is 1.48 bits per heavy atom. The molecular weight excluding hydrogens is 289 g/mol. The zero-order valence-corrected chi connectivity index (χ0v) is 13.3. The van der Waals surface area contributed by atoms with Gasteiger partial charge in [-0.2, -0.15) is 11.8 Å². The van der Waals surface area contributed by atoms with Crippen molar-refractivity contribution >= 4 is 17.7 Å². The van der Waals surface area contributed by atoms with Crippen LogP contribution in [0.5, 0.6) is 0 Å². The molecule has 1 aliphatic rings. The normalized spacial score (nSPS) is 23.3. The first kappa shape index (κ1) is 16.3. The van der Waals surface area contributed by atoms with Gasteiger partial charge in [-0.05, 0) is 30.4 Å². The molecule has 0 bridgehead atoms. The standard InChI is InChI=1S/C16H22FNO2S/c1-12(10-21-2)15(19)18-8-7-16(20,11-18)9-13-3-5-14(17)6-4-13/h3-6,12,20H,7-11H2,1-2H3. The van der Waals surface area contributed by atoms with E-state index >= 15 is 0 Å². The Hall–Kier alpha value is -1.07. The van der Waals surface area contributed by atoms with E-state index in [1.807, 2.05) is 13.2 Å². The first-order valence-electron chi connectivity index (χ1n) is 7.18. The van der Waals surface area contributed by atoms with E-state index in [0.29, 0.717) is 25.9 Å². The van der Waals surface area contributed by atoms with Crippen molar-refractivity contribution in [1.29, 1.82) is 0 Å². The average Bonchev–Trinajstić information content (AvgIpc) is 2.83. The number of likely N-dealkylation sites (tertiary alicyclic amines) is 1. The number of rotatable bonds is 5. The molecular formula is C16H22FNO2S. The van der Waals surface area contributed by atoms with E-state index in [9.17, 15) is 14.3 Å². The van der Waals surface area contributed by atoms with Crippen LogP contribution in [-0.2, 0) is 11.2 Å². The first-order chi connectivity index (χ1) is 9.93. The summed E-state index contributed by atoms with van der Waals surface area (Å²) in [5.74, 6) is 0.610. The lowest BCUT2D eigenvalue weighted by atomic mass is 9.94. The monoisotopic (exact) mass is 311 g/mol. The van der Waals surface area contributed by atoms with E-state index in [4.69, 9.17) is 0 Å². The highest BCUT2D eigenvalue weighted by Crippen LogP contribution is 2.27. The van der Waals surface area contributed by atoms with E-state index in [0.717, 1.165) is 11.3 Å². The number of carbonyl (C=O) groups is 1. The zero-order valence-electron chi connectivity index (χ0n) is 12.5. The van der Waals surface area contributed by atoms with Gasteiger partial charge in [0.15, 0.2) is 0 Å². The van der Waals surface area contributed by atoms with Crippen LogP contribution >= 0.6 is 11.8 Å². The van der Waals surface area contributed by atoms with Crippen LogP contribution in [-0.4, -0.2) is 46.6 Å². The second kappa shape index (κ2) is 6.79. The van der Waals surface area contributed by atoms with E-state index in [2.05, 4.69) is 0 Å².